The van der Waals surface area contributed by atoms with Crippen LogP contribution in [0, 0.1) is 19.8 Å². The summed E-state index contributed by atoms with van der Waals surface area (Å²) in [6, 6.07) is 49.7. The van der Waals surface area contributed by atoms with Crippen molar-refractivity contribution in [2.45, 2.75) is 87.0 Å². The number of fused-ring (bicyclic) bond motifs is 3. The molecule has 0 N–H and O–H groups in total. The number of aromatic nitrogens is 4. The summed E-state index contributed by atoms with van der Waals surface area (Å²) >= 11 is 0. The first-order valence-electron chi connectivity index (χ1n) is 20.5. The van der Waals surface area contributed by atoms with Crippen LogP contribution in [0.2, 0.25) is 0 Å². The Morgan fingerprint density at radius 3 is 1.64 bits per heavy atom. The van der Waals surface area contributed by atoms with Gasteiger partial charge in [-0.15, -0.1) is 0 Å². The van der Waals surface area contributed by atoms with Gasteiger partial charge in [0.05, 0.1) is 16.7 Å². The number of benzene rings is 6. The van der Waals surface area contributed by atoms with Crippen LogP contribution in [0.5, 0.6) is 0 Å². The highest BCUT2D eigenvalue weighted by Crippen LogP contribution is 2.46. The number of rotatable bonds is 6. The minimum Gasteiger partial charge on any atom is -0.307 e. The molecule has 2 heterocycles. The summed E-state index contributed by atoms with van der Waals surface area (Å²) in [5.41, 5.74) is 12.0. The number of hydrogen-bond donors (Lipinski definition) is 0. The van der Waals surface area contributed by atoms with E-state index in [1.54, 1.807) is 0 Å². The molecule has 0 saturated carbocycles. The molecule has 5 nitrogen and oxygen atoms in total. The quantitative estimate of drug-likeness (QED) is 0.169. The summed E-state index contributed by atoms with van der Waals surface area (Å²) in [6.07, 6.45) is 0. The first kappa shape index (κ1) is 40.1. The Labute approximate surface area is 345 Å². The van der Waals surface area contributed by atoms with Gasteiger partial charge in [0.1, 0.15) is 0 Å². The van der Waals surface area contributed by atoms with E-state index < -0.39 is 0 Å². The topological polar surface area (TPSA) is 46.8 Å². The van der Waals surface area contributed by atoms with E-state index in [4.69, 9.17) is 15.0 Å². The lowest BCUT2D eigenvalue weighted by Crippen LogP contribution is -2.18. The number of aryl methyl sites for hydroxylation is 2. The molecule has 0 bridgehead atoms. The summed E-state index contributed by atoms with van der Waals surface area (Å²) in [7, 11) is 0. The van der Waals surface area contributed by atoms with E-state index in [2.05, 4.69) is 207 Å². The van der Waals surface area contributed by atoms with Crippen LogP contribution in [0.25, 0.3) is 50.3 Å². The second-order valence-corrected chi connectivity index (χ2v) is 18.2. The van der Waals surface area contributed by atoms with Gasteiger partial charge in [0.15, 0.2) is 11.6 Å². The zero-order chi connectivity index (χ0) is 41.4. The number of anilines is 3. The van der Waals surface area contributed by atoms with Gasteiger partial charge in [0.2, 0.25) is 5.95 Å². The van der Waals surface area contributed by atoms with Crippen molar-refractivity contribution in [3.63, 3.8) is 0 Å². The fourth-order valence-electron chi connectivity index (χ4n) is 7.25. The lowest BCUT2D eigenvalue weighted by atomic mass is 9.86. The highest BCUT2D eigenvalue weighted by molar-refractivity contribution is 6.15. The zero-order valence-corrected chi connectivity index (χ0v) is 36.1. The minimum absolute atomic E-state index is 0.00393. The largest absolute Gasteiger partial charge is 0.307 e. The van der Waals surface area contributed by atoms with Crippen LogP contribution >= 0.6 is 0 Å². The summed E-state index contributed by atoms with van der Waals surface area (Å²) in [4.78, 5) is 18.0. The van der Waals surface area contributed by atoms with E-state index in [1.165, 1.54) is 27.5 Å². The Morgan fingerprint density at radius 1 is 0.534 bits per heavy atom. The van der Waals surface area contributed by atoms with Crippen LogP contribution in [0.15, 0.2) is 140 Å². The maximum atomic E-state index is 5.33. The van der Waals surface area contributed by atoms with Gasteiger partial charge in [-0.1, -0.05) is 171 Å². The van der Waals surface area contributed by atoms with Gasteiger partial charge in [0.25, 0.3) is 0 Å². The van der Waals surface area contributed by atoms with Gasteiger partial charge in [0, 0.05) is 33.3 Å². The second kappa shape index (κ2) is 16.1. The molecular formula is C53H57N5. The van der Waals surface area contributed by atoms with Crippen molar-refractivity contribution >= 4 is 39.1 Å². The maximum absolute atomic E-state index is 5.33. The van der Waals surface area contributed by atoms with Crippen molar-refractivity contribution in [2.24, 2.45) is 5.92 Å². The Kier molecular flexibility index (Phi) is 11.1. The van der Waals surface area contributed by atoms with Gasteiger partial charge in [-0.3, -0.25) is 4.90 Å². The normalized spacial score (nSPS) is 11.9. The number of para-hydroxylation sites is 1. The average Bonchev–Trinajstić information content (AvgIpc) is 3.53. The minimum atomic E-state index is -0.00514. The summed E-state index contributed by atoms with van der Waals surface area (Å²) < 4.78 is 2.41. The summed E-state index contributed by atoms with van der Waals surface area (Å²) in [6.45, 7) is 24.4. The SMILES string of the molecule is CC(C)C.Cc1ccc(-c2nc(-c3ccccc3)nc(N(c3ccc(C(C)(C)C)cc3)c3c(C)ccc4c5cc(C(C)(C)C)ccc5n(-c5ccccc5)c34)n2)cc1. The predicted molar refractivity (Wildman–Crippen MR) is 247 cm³/mol. The molecule has 0 spiro atoms. The van der Waals surface area contributed by atoms with Crippen molar-refractivity contribution in [3.8, 4) is 28.5 Å². The van der Waals surface area contributed by atoms with E-state index >= 15 is 0 Å². The van der Waals surface area contributed by atoms with Crippen molar-refractivity contribution in [1.82, 2.24) is 19.5 Å². The third-order valence-corrected chi connectivity index (χ3v) is 10.4. The molecule has 0 radical (unpaired) electrons. The Balaban J connectivity index is 0.00000122. The molecule has 8 aromatic rings. The Hall–Kier alpha value is -6.07. The molecule has 294 valence electrons. The highest BCUT2D eigenvalue weighted by Gasteiger charge is 2.28. The van der Waals surface area contributed by atoms with Crippen LogP contribution in [0.1, 0.15) is 84.6 Å². The molecule has 58 heavy (non-hydrogen) atoms. The molecule has 0 unspecified atom stereocenters. The Bertz CT molecular complexity index is 2660. The van der Waals surface area contributed by atoms with Crippen LogP contribution in [0.3, 0.4) is 0 Å². The molecule has 0 aliphatic heterocycles. The van der Waals surface area contributed by atoms with Gasteiger partial charge < -0.3 is 4.57 Å². The number of hydrogen-bond acceptors (Lipinski definition) is 4. The monoisotopic (exact) mass is 763 g/mol. The lowest BCUT2D eigenvalue weighted by Gasteiger charge is -2.28. The summed E-state index contributed by atoms with van der Waals surface area (Å²) in [5, 5.41) is 2.39. The van der Waals surface area contributed by atoms with Gasteiger partial charge in [-0.05, 0) is 83.7 Å². The molecule has 0 saturated heterocycles. The number of nitrogens with zero attached hydrogens (tertiary/aromatic N) is 5. The molecular weight excluding hydrogens is 707 g/mol. The third kappa shape index (κ3) is 8.31. The van der Waals surface area contributed by atoms with Crippen LogP contribution in [-0.4, -0.2) is 19.5 Å². The highest BCUT2D eigenvalue weighted by atomic mass is 15.3. The fraction of sp³-hybridized carbons (Fsp3) is 0.264. The van der Waals surface area contributed by atoms with Gasteiger partial charge in [-0.2, -0.15) is 9.97 Å². The molecule has 0 aliphatic carbocycles. The molecule has 5 heteroatoms. The fourth-order valence-corrected chi connectivity index (χ4v) is 7.25. The van der Waals surface area contributed by atoms with Crippen molar-refractivity contribution < 1.29 is 0 Å². The predicted octanol–water partition coefficient (Wildman–Crippen LogP) is 14.6. The van der Waals surface area contributed by atoms with E-state index in [0.29, 0.717) is 17.6 Å². The van der Waals surface area contributed by atoms with E-state index in [9.17, 15) is 0 Å². The first-order valence-corrected chi connectivity index (χ1v) is 20.5. The van der Waals surface area contributed by atoms with E-state index in [1.807, 2.05) is 18.2 Å². The van der Waals surface area contributed by atoms with Crippen molar-refractivity contribution in [1.29, 1.82) is 0 Å². The molecule has 0 fully saturated rings. The molecule has 0 aliphatic rings. The van der Waals surface area contributed by atoms with Crippen LogP contribution in [0.4, 0.5) is 17.3 Å². The van der Waals surface area contributed by atoms with E-state index in [0.717, 1.165) is 50.7 Å². The molecule has 0 amide bonds. The van der Waals surface area contributed by atoms with Crippen molar-refractivity contribution in [3.05, 3.63) is 162 Å². The van der Waals surface area contributed by atoms with Crippen LogP contribution < -0.4 is 4.90 Å². The Morgan fingerprint density at radius 2 is 1.07 bits per heavy atom. The molecule has 0 atom stereocenters. The third-order valence-electron chi connectivity index (χ3n) is 10.4. The van der Waals surface area contributed by atoms with Gasteiger partial charge >= 0.3 is 0 Å². The standard InChI is InChI=1S/C49H47N5.C4H10/c1-32-19-22-35(23-20-32)46-50-45(34-15-11-9-12-16-34)51-47(52-46)54(39-27-24-36(25-28-39)48(3,4)5)43-33(2)21-29-40-41-31-37(49(6,7)8)26-30-42(41)53(44(40)43)38-17-13-10-14-18-38;1-4(2)3/h9-31H,1-8H3;4H,1-3H3. The van der Waals surface area contributed by atoms with Gasteiger partial charge in [-0.25, -0.2) is 4.98 Å². The first-order chi connectivity index (χ1) is 27.6. The second-order valence-electron chi connectivity index (χ2n) is 18.2. The molecule has 2 aromatic heterocycles. The maximum Gasteiger partial charge on any atom is 0.238 e. The molecule has 6 aromatic carbocycles. The lowest BCUT2D eigenvalue weighted by molar-refractivity contribution is 0.590. The smallest absolute Gasteiger partial charge is 0.238 e. The van der Waals surface area contributed by atoms with Crippen LogP contribution in [-0.2, 0) is 10.8 Å². The van der Waals surface area contributed by atoms with Crippen molar-refractivity contribution in [2.75, 3.05) is 4.90 Å². The summed E-state index contributed by atoms with van der Waals surface area (Å²) in [5.74, 6) is 2.63. The molecule has 8 rings (SSSR count). The average molecular weight is 764 g/mol. The van der Waals surface area contributed by atoms with E-state index in [-0.39, 0.29) is 10.8 Å². The zero-order valence-electron chi connectivity index (χ0n) is 36.1.